The number of amides is 1. The first-order valence-corrected chi connectivity index (χ1v) is 7.42. The van der Waals surface area contributed by atoms with Crippen molar-refractivity contribution < 1.29 is 9.53 Å². The summed E-state index contributed by atoms with van der Waals surface area (Å²) in [5, 5.41) is 2.87. The van der Waals surface area contributed by atoms with Gasteiger partial charge in [0.05, 0.1) is 24.6 Å². The molecule has 2 heterocycles. The fourth-order valence-electron chi connectivity index (χ4n) is 2.58. The van der Waals surface area contributed by atoms with Crippen LogP contribution in [0.15, 0.2) is 42.7 Å². The molecule has 1 aromatic carbocycles. The topological polar surface area (TPSA) is 54.5 Å². The number of hydrogen-bond acceptors (Lipinski definition) is 4. The minimum atomic E-state index is -0.154. The lowest BCUT2D eigenvalue weighted by molar-refractivity contribution is 0.102. The van der Waals surface area contributed by atoms with Gasteiger partial charge in [0, 0.05) is 25.0 Å². The summed E-state index contributed by atoms with van der Waals surface area (Å²) in [5.74, 6) is 0.606. The van der Waals surface area contributed by atoms with Gasteiger partial charge in [0.15, 0.2) is 0 Å². The molecule has 1 aromatic heterocycles. The van der Waals surface area contributed by atoms with Crippen molar-refractivity contribution in [1.29, 1.82) is 0 Å². The molecule has 5 nitrogen and oxygen atoms in total. The van der Waals surface area contributed by atoms with E-state index < -0.39 is 0 Å². The molecule has 0 spiro atoms. The van der Waals surface area contributed by atoms with E-state index >= 15 is 0 Å². The van der Waals surface area contributed by atoms with Crippen LogP contribution in [0.1, 0.15) is 23.2 Å². The minimum absolute atomic E-state index is 0.154. The average molecular weight is 297 g/mol. The number of ether oxygens (including phenoxy) is 1. The monoisotopic (exact) mass is 297 g/mol. The fraction of sp³-hybridized carbons (Fsp3) is 0.294. The van der Waals surface area contributed by atoms with Crippen LogP contribution in [0.2, 0.25) is 0 Å². The molecule has 2 aromatic rings. The van der Waals surface area contributed by atoms with E-state index in [1.807, 2.05) is 36.5 Å². The Kier molecular flexibility index (Phi) is 4.23. The Morgan fingerprint density at radius 2 is 1.91 bits per heavy atom. The molecule has 0 aliphatic carbocycles. The lowest BCUT2D eigenvalue weighted by Crippen LogP contribution is -2.19. The van der Waals surface area contributed by atoms with Crippen LogP contribution in [0.5, 0.6) is 5.75 Å². The van der Waals surface area contributed by atoms with E-state index in [1.54, 1.807) is 13.3 Å². The van der Waals surface area contributed by atoms with Crippen LogP contribution in [-0.2, 0) is 0 Å². The van der Waals surface area contributed by atoms with Gasteiger partial charge in [0.1, 0.15) is 5.75 Å². The number of carbonyl (C=O) groups is 1. The highest BCUT2D eigenvalue weighted by atomic mass is 16.5. The van der Waals surface area contributed by atoms with E-state index in [4.69, 9.17) is 4.74 Å². The maximum absolute atomic E-state index is 12.3. The summed E-state index contributed by atoms with van der Waals surface area (Å²) < 4.78 is 5.10. The number of anilines is 2. The Morgan fingerprint density at radius 1 is 1.18 bits per heavy atom. The van der Waals surface area contributed by atoms with Crippen molar-refractivity contribution in [2.75, 3.05) is 30.4 Å². The van der Waals surface area contributed by atoms with Crippen LogP contribution in [0, 0.1) is 0 Å². The zero-order valence-electron chi connectivity index (χ0n) is 12.6. The minimum Gasteiger partial charge on any atom is -0.497 e. The van der Waals surface area contributed by atoms with Crippen LogP contribution in [0.25, 0.3) is 0 Å². The number of aromatic nitrogens is 1. The van der Waals surface area contributed by atoms with Crippen molar-refractivity contribution in [3.8, 4) is 5.75 Å². The molecule has 1 aliphatic rings. The lowest BCUT2D eigenvalue weighted by Gasteiger charge is -2.17. The molecule has 114 valence electrons. The number of nitrogens with zero attached hydrogens (tertiary/aromatic N) is 2. The predicted molar refractivity (Wildman–Crippen MR) is 86.6 cm³/mol. The Hall–Kier alpha value is -2.56. The molecular formula is C17H19N3O2. The van der Waals surface area contributed by atoms with Gasteiger partial charge >= 0.3 is 0 Å². The highest BCUT2D eigenvalue weighted by Gasteiger charge is 2.15. The molecule has 1 N–H and O–H groups in total. The second kappa shape index (κ2) is 6.47. The standard InChI is InChI=1S/C17H19N3O2/c1-22-16-6-4-14(5-7-16)19-17(21)13-10-15(12-18-11-13)20-8-2-3-9-20/h4-7,10-12H,2-3,8-9H2,1H3,(H,19,21). The predicted octanol–water partition coefficient (Wildman–Crippen LogP) is 2.94. The van der Waals surface area contributed by atoms with Crippen LogP contribution < -0.4 is 15.0 Å². The summed E-state index contributed by atoms with van der Waals surface area (Å²) in [5.41, 5.74) is 2.32. The second-order valence-corrected chi connectivity index (χ2v) is 5.31. The van der Waals surface area contributed by atoms with Crippen molar-refractivity contribution in [1.82, 2.24) is 4.98 Å². The Bertz CT molecular complexity index is 649. The van der Waals surface area contributed by atoms with Gasteiger partial charge in [-0.1, -0.05) is 0 Å². The molecule has 0 unspecified atom stereocenters. The molecule has 0 radical (unpaired) electrons. The Morgan fingerprint density at radius 3 is 2.59 bits per heavy atom. The van der Waals surface area contributed by atoms with Gasteiger partial charge in [-0.2, -0.15) is 0 Å². The van der Waals surface area contributed by atoms with Gasteiger partial charge in [-0.3, -0.25) is 9.78 Å². The molecule has 1 amide bonds. The number of hydrogen-bond donors (Lipinski definition) is 1. The Balaban J connectivity index is 1.72. The normalized spacial score (nSPS) is 14.0. The van der Waals surface area contributed by atoms with Gasteiger partial charge in [-0.05, 0) is 43.2 Å². The number of nitrogens with one attached hydrogen (secondary N) is 1. The molecule has 3 rings (SSSR count). The summed E-state index contributed by atoms with van der Waals surface area (Å²) >= 11 is 0. The molecule has 1 saturated heterocycles. The van der Waals surface area contributed by atoms with Crippen LogP contribution in [0.3, 0.4) is 0 Å². The smallest absolute Gasteiger partial charge is 0.257 e. The third kappa shape index (κ3) is 3.19. The maximum Gasteiger partial charge on any atom is 0.257 e. The number of benzene rings is 1. The van der Waals surface area contributed by atoms with Crippen LogP contribution in [-0.4, -0.2) is 31.1 Å². The van der Waals surface area contributed by atoms with Crippen LogP contribution >= 0.6 is 0 Å². The summed E-state index contributed by atoms with van der Waals surface area (Å²) in [6.07, 6.45) is 5.80. The largest absolute Gasteiger partial charge is 0.497 e. The molecule has 0 atom stereocenters. The van der Waals surface area contributed by atoms with Gasteiger partial charge in [0.2, 0.25) is 0 Å². The first kappa shape index (κ1) is 14.4. The van der Waals surface area contributed by atoms with E-state index in [9.17, 15) is 4.79 Å². The number of rotatable bonds is 4. The highest BCUT2D eigenvalue weighted by molar-refractivity contribution is 6.04. The highest BCUT2D eigenvalue weighted by Crippen LogP contribution is 2.21. The SMILES string of the molecule is COc1ccc(NC(=O)c2cncc(N3CCCC3)c2)cc1. The molecule has 1 aliphatic heterocycles. The van der Waals surface area contributed by atoms with E-state index in [1.165, 1.54) is 12.8 Å². The Labute approximate surface area is 129 Å². The third-order valence-corrected chi connectivity index (χ3v) is 3.81. The number of methoxy groups -OCH3 is 1. The number of carbonyl (C=O) groups excluding carboxylic acids is 1. The van der Waals surface area contributed by atoms with E-state index in [0.29, 0.717) is 5.56 Å². The van der Waals surface area contributed by atoms with E-state index in [-0.39, 0.29) is 5.91 Å². The number of pyridine rings is 1. The van der Waals surface area contributed by atoms with Gasteiger partial charge in [0.25, 0.3) is 5.91 Å². The molecule has 5 heteroatoms. The molecular weight excluding hydrogens is 278 g/mol. The molecule has 0 bridgehead atoms. The van der Waals surface area contributed by atoms with Crippen molar-refractivity contribution in [3.05, 3.63) is 48.3 Å². The van der Waals surface area contributed by atoms with Crippen LogP contribution in [0.4, 0.5) is 11.4 Å². The second-order valence-electron chi connectivity index (χ2n) is 5.31. The molecule has 1 fully saturated rings. The van der Waals surface area contributed by atoms with Crippen molar-refractivity contribution in [3.63, 3.8) is 0 Å². The first-order chi connectivity index (χ1) is 10.8. The van der Waals surface area contributed by atoms with Crippen molar-refractivity contribution in [2.24, 2.45) is 0 Å². The lowest BCUT2D eigenvalue weighted by atomic mass is 10.2. The summed E-state index contributed by atoms with van der Waals surface area (Å²) in [4.78, 5) is 18.8. The fourth-order valence-corrected chi connectivity index (χ4v) is 2.58. The summed E-state index contributed by atoms with van der Waals surface area (Å²) in [7, 11) is 1.61. The molecule has 0 saturated carbocycles. The van der Waals surface area contributed by atoms with Crippen molar-refractivity contribution in [2.45, 2.75) is 12.8 Å². The zero-order valence-corrected chi connectivity index (χ0v) is 12.6. The van der Waals surface area contributed by atoms with E-state index in [2.05, 4.69) is 15.2 Å². The van der Waals surface area contributed by atoms with Gasteiger partial charge in [-0.15, -0.1) is 0 Å². The maximum atomic E-state index is 12.3. The first-order valence-electron chi connectivity index (χ1n) is 7.42. The quantitative estimate of drug-likeness (QED) is 0.942. The van der Waals surface area contributed by atoms with Gasteiger partial charge in [-0.25, -0.2) is 0 Å². The zero-order chi connectivity index (χ0) is 15.4. The summed E-state index contributed by atoms with van der Waals surface area (Å²) in [6.45, 7) is 2.07. The summed E-state index contributed by atoms with van der Waals surface area (Å²) in [6, 6.07) is 9.16. The van der Waals surface area contributed by atoms with Gasteiger partial charge < -0.3 is 15.0 Å². The van der Waals surface area contributed by atoms with E-state index in [0.717, 1.165) is 30.2 Å². The third-order valence-electron chi connectivity index (χ3n) is 3.81. The average Bonchev–Trinajstić information content (AvgIpc) is 3.10. The molecule has 22 heavy (non-hydrogen) atoms. The van der Waals surface area contributed by atoms with Crippen molar-refractivity contribution >= 4 is 17.3 Å².